The van der Waals surface area contributed by atoms with E-state index >= 15 is 0 Å². The Hall–Kier alpha value is -1.87. The van der Waals surface area contributed by atoms with Gasteiger partial charge in [-0.05, 0) is 48.4 Å². The van der Waals surface area contributed by atoms with Gasteiger partial charge in [0.1, 0.15) is 5.75 Å². The number of nitrogens with one attached hydrogen (secondary N) is 1. The highest BCUT2D eigenvalue weighted by Crippen LogP contribution is 2.20. The van der Waals surface area contributed by atoms with E-state index in [4.69, 9.17) is 4.74 Å². The van der Waals surface area contributed by atoms with Crippen molar-refractivity contribution in [1.82, 2.24) is 10.3 Å². The van der Waals surface area contributed by atoms with Gasteiger partial charge in [-0.2, -0.15) is 0 Å². The Balaban J connectivity index is 2.26. The zero-order chi connectivity index (χ0) is 12.8. The van der Waals surface area contributed by atoms with Crippen LogP contribution in [0, 0.1) is 0 Å². The van der Waals surface area contributed by atoms with Gasteiger partial charge in [0.05, 0.1) is 7.11 Å². The number of aromatic nitrogens is 1. The highest BCUT2D eigenvalue weighted by Gasteiger charge is 2.05. The van der Waals surface area contributed by atoms with Crippen molar-refractivity contribution in [2.45, 2.75) is 13.0 Å². The highest BCUT2D eigenvalue weighted by molar-refractivity contribution is 5.38. The summed E-state index contributed by atoms with van der Waals surface area (Å²) in [6.45, 7) is 0.840. The average molecular weight is 242 g/mol. The summed E-state index contributed by atoms with van der Waals surface area (Å²) in [5.74, 6) is 0.898. The summed E-state index contributed by atoms with van der Waals surface area (Å²) in [7, 11) is 3.65. The molecule has 2 aromatic rings. The van der Waals surface area contributed by atoms with E-state index in [-0.39, 0.29) is 0 Å². The lowest BCUT2D eigenvalue weighted by atomic mass is 10.0. The van der Waals surface area contributed by atoms with Gasteiger partial charge in [0.2, 0.25) is 0 Å². The Morgan fingerprint density at radius 1 is 1.22 bits per heavy atom. The summed E-state index contributed by atoms with van der Waals surface area (Å²) >= 11 is 0. The minimum Gasteiger partial charge on any atom is -0.497 e. The molecule has 0 bridgehead atoms. The molecule has 94 valence electrons. The molecule has 0 fully saturated rings. The number of rotatable bonds is 5. The fourth-order valence-electron chi connectivity index (χ4n) is 1.98. The molecule has 18 heavy (non-hydrogen) atoms. The predicted octanol–water partition coefficient (Wildman–Crippen LogP) is 2.40. The van der Waals surface area contributed by atoms with Gasteiger partial charge in [-0.3, -0.25) is 4.98 Å². The average Bonchev–Trinajstić information content (AvgIpc) is 2.42. The van der Waals surface area contributed by atoms with E-state index in [0.717, 1.165) is 18.7 Å². The summed E-state index contributed by atoms with van der Waals surface area (Å²) in [4.78, 5) is 4.15. The third kappa shape index (κ3) is 3.08. The lowest BCUT2D eigenvalue weighted by Gasteiger charge is -2.11. The first kappa shape index (κ1) is 12.6. The van der Waals surface area contributed by atoms with Crippen molar-refractivity contribution in [1.29, 1.82) is 0 Å². The molecule has 1 aromatic carbocycles. The van der Waals surface area contributed by atoms with Crippen LogP contribution in [0.3, 0.4) is 0 Å². The number of ether oxygens (including phenoxy) is 1. The monoisotopic (exact) mass is 242 g/mol. The first-order chi connectivity index (χ1) is 8.83. The Morgan fingerprint density at radius 2 is 2.11 bits per heavy atom. The number of benzene rings is 1. The highest BCUT2D eigenvalue weighted by atomic mass is 16.5. The first-order valence-corrected chi connectivity index (χ1v) is 6.03. The topological polar surface area (TPSA) is 34.1 Å². The summed E-state index contributed by atoms with van der Waals surface area (Å²) in [6, 6.07) is 10.3. The van der Waals surface area contributed by atoms with Crippen molar-refractivity contribution in [3.63, 3.8) is 0 Å². The maximum atomic E-state index is 5.27. The largest absolute Gasteiger partial charge is 0.497 e. The third-order valence-electron chi connectivity index (χ3n) is 2.90. The first-order valence-electron chi connectivity index (χ1n) is 6.03. The van der Waals surface area contributed by atoms with Crippen molar-refractivity contribution in [3.8, 4) is 5.75 Å². The van der Waals surface area contributed by atoms with Gasteiger partial charge in [0.15, 0.2) is 0 Å². The lowest BCUT2D eigenvalue weighted by Crippen LogP contribution is -2.08. The molecule has 1 aromatic heterocycles. The molecule has 0 aliphatic rings. The van der Waals surface area contributed by atoms with E-state index in [9.17, 15) is 0 Å². The summed E-state index contributed by atoms with van der Waals surface area (Å²) in [6.07, 6.45) is 4.61. The molecule has 0 saturated carbocycles. The number of hydrogen-bond donors (Lipinski definition) is 1. The van der Waals surface area contributed by atoms with Crippen LogP contribution in [0.5, 0.6) is 5.75 Å². The van der Waals surface area contributed by atoms with E-state index in [2.05, 4.69) is 28.5 Å². The summed E-state index contributed by atoms with van der Waals surface area (Å²) < 4.78 is 5.27. The summed E-state index contributed by atoms with van der Waals surface area (Å²) in [5.41, 5.74) is 3.79. The van der Waals surface area contributed by atoms with Crippen molar-refractivity contribution in [2.24, 2.45) is 0 Å². The molecule has 0 atom stereocenters. The van der Waals surface area contributed by atoms with Gasteiger partial charge < -0.3 is 10.1 Å². The predicted molar refractivity (Wildman–Crippen MR) is 72.8 cm³/mol. The zero-order valence-corrected chi connectivity index (χ0v) is 10.8. The van der Waals surface area contributed by atoms with Crippen LogP contribution in [0.2, 0.25) is 0 Å². The van der Waals surface area contributed by atoms with E-state index in [1.165, 1.54) is 16.7 Å². The van der Waals surface area contributed by atoms with Crippen LogP contribution in [0.4, 0.5) is 0 Å². The van der Waals surface area contributed by atoms with Gasteiger partial charge in [0, 0.05) is 18.9 Å². The number of nitrogens with zero attached hydrogens (tertiary/aromatic N) is 1. The van der Waals surface area contributed by atoms with Gasteiger partial charge in [-0.15, -0.1) is 0 Å². The molecule has 0 aliphatic heterocycles. The minimum atomic E-state index is 0.840. The fraction of sp³-hybridized carbons (Fsp3) is 0.267. The molecule has 3 nitrogen and oxygen atoms in total. The maximum absolute atomic E-state index is 5.27. The second-order valence-corrected chi connectivity index (χ2v) is 4.20. The molecule has 0 saturated heterocycles. The fourth-order valence-corrected chi connectivity index (χ4v) is 1.98. The van der Waals surface area contributed by atoms with Crippen LogP contribution in [0.1, 0.15) is 16.7 Å². The summed E-state index contributed by atoms with van der Waals surface area (Å²) in [5, 5.41) is 3.19. The van der Waals surface area contributed by atoms with Crippen LogP contribution < -0.4 is 10.1 Å². The van der Waals surface area contributed by atoms with E-state index in [1.807, 2.05) is 25.4 Å². The Kier molecular flexibility index (Phi) is 4.31. The number of methoxy groups -OCH3 is 1. The van der Waals surface area contributed by atoms with Crippen molar-refractivity contribution in [2.75, 3.05) is 14.2 Å². The molecular weight excluding hydrogens is 224 g/mol. The number of pyridine rings is 1. The molecule has 0 amide bonds. The molecule has 1 heterocycles. The zero-order valence-electron chi connectivity index (χ0n) is 10.8. The van der Waals surface area contributed by atoms with Gasteiger partial charge in [-0.1, -0.05) is 12.1 Å². The SMILES string of the molecule is CNCc1cc(OC)ccc1Cc1cccnc1. The quantitative estimate of drug-likeness (QED) is 0.874. The normalized spacial score (nSPS) is 10.3. The molecule has 0 aliphatic carbocycles. The molecule has 0 spiro atoms. The van der Waals surface area contributed by atoms with Crippen molar-refractivity contribution < 1.29 is 4.74 Å². The van der Waals surface area contributed by atoms with E-state index < -0.39 is 0 Å². The molecule has 3 heteroatoms. The molecule has 1 N–H and O–H groups in total. The van der Waals surface area contributed by atoms with Gasteiger partial charge >= 0.3 is 0 Å². The molecule has 2 rings (SSSR count). The Bertz CT molecular complexity index is 497. The van der Waals surface area contributed by atoms with Crippen LogP contribution in [0.25, 0.3) is 0 Å². The minimum absolute atomic E-state index is 0.840. The van der Waals surface area contributed by atoms with Crippen molar-refractivity contribution >= 4 is 0 Å². The van der Waals surface area contributed by atoms with Crippen LogP contribution in [0.15, 0.2) is 42.7 Å². The van der Waals surface area contributed by atoms with Crippen LogP contribution >= 0.6 is 0 Å². The standard InChI is InChI=1S/C15H18N2O/c1-16-11-14-9-15(18-2)6-5-13(14)8-12-4-3-7-17-10-12/h3-7,9-10,16H,8,11H2,1-2H3. The van der Waals surface area contributed by atoms with E-state index in [0.29, 0.717) is 0 Å². The number of hydrogen-bond acceptors (Lipinski definition) is 3. The Morgan fingerprint density at radius 3 is 2.78 bits per heavy atom. The molecule has 0 radical (unpaired) electrons. The van der Waals surface area contributed by atoms with Gasteiger partial charge in [-0.25, -0.2) is 0 Å². The molecular formula is C15H18N2O. The smallest absolute Gasteiger partial charge is 0.119 e. The second-order valence-electron chi connectivity index (χ2n) is 4.20. The van der Waals surface area contributed by atoms with Crippen molar-refractivity contribution in [3.05, 3.63) is 59.4 Å². The van der Waals surface area contributed by atoms with Crippen LogP contribution in [-0.2, 0) is 13.0 Å². The molecule has 0 unspecified atom stereocenters. The van der Waals surface area contributed by atoms with Crippen LogP contribution in [-0.4, -0.2) is 19.1 Å². The Labute approximate surface area is 108 Å². The van der Waals surface area contributed by atoms with Gasteiger partial charge in [0.25, 0.3) is 0 Å². The second kappa shape index (κ2) is 6.17. The maximum Gasteiger partial charge on any atom is 0.119 e. The third-order valence-corrected chi connectivity index (χ3v) is 2.90. The van der Waals surface area contributed by atoms with E-state index in [1.54, 1.807) is 13.3 Å². The lowest BCUT2D eigenvalue weighted by molar-refractivity contribution is 0.414.